The fraction of sp³-hybridized carbons (Fsp3) is 0.125. The van der Waals surface area contributed by atoms with Crippen LogP contribution in [0.15, 0.2) is 77.3 Å². The SMILES string of the molecule is CC(=O)c1ccc(OCc2ccc(C(=O)Nc3ccn(Cc4ccc(F)cc4)n3)o2)cc1. The number of ether oxygens (including phenoxy) is 1. The van der Waals surface area contributed by atoms with E-state index >= 15 is 0 Å². The zero-order valence-corrected chi connectivity index (χ0v) is 17.2. The molecule has 1 amide bonds. The van der Waals surface area contributed by atoms with Crippen LogP contribution in [0.25, 0.3) is 0 Å². The molecule has 0 bridgehead atoms. The minimum Gasteiger partial charge on any atom is -0.486 e. The number of carbonyl (C=O) groups excluding carboxylic acids is 2. The van der Waals surface area contributed by atoms with Gasteiger partial charge in [0.05, 0.1) is 6.54 Å². The van der Waals surface area contributed by atoms with Crippen molar-refractivity contribution in [3.63, 3.8) is 0 Å². The van der Waals surface area contributed by atoms with E-state index in [0.717, 1.165) is 5.56 Å². The Balaban J connectivity index is 1.31. The third-order valence-corrected chi connectivity index (χ3v) is 4.67. The number of nitrogens with one attached hydrogen (secondary N) is 1. The van der Waals surface area contributed by atoms with Crippen molar-refractivity contribution in [1.29, 1.82) is 0 Å². The van der Waals surface area contributed by atoms with Gasteiger partial charge in [-0.15, -0.1) is 0 Å². The van der Waals surface area contributed by atoms with Crippen LogP contribution in [0, 0.1) is 5.82 Å². The number of benzene rings is 2. The van der Waals surface area contributed by atoms with E-state index < -0.39 is 5.91 Å². The highest BCUT2D eigenvalue weighted by Crippen LogP contribution is 2.17. The Kier molecular flexibility index (Phi) is 6.12. The van der Waals surface area contributed by atoms with Crippen LogP contribution < -0.4 is 10.1 Å². The maximum absolute atomic E-state index is 13.0. The molecule has 162 valence electrons. The van der Waals surface area contributed by atoms with Gasteiger partial charge in [-0.05, 0) is 61.0 Å². The van der Waals surface area contributed by atoms with E-state index in [0.29, 0.717) is 29.4 Å². The first-order valence-electron chi connectivity index (χ1n) is 9.88. The highest BCUT2D eigenvalue weighted by Gasteiger charge is 2.13. The Bertz CT molecular complexity index is 1230. The Morgan fingerprint density at radius 3 is 2.50 bits per heavy atom. The second-order valence-corrected chi connectivity index (χ2v) is 7.11. The predicted octanol–water partition coefficient (Wildman–Crippen LogP) is 4.70. The molecule has 0 saturated heterocycles. The van der Waals surface area contributed by atoms with E-state index in [1.165, 1.54) is 19.1 Å². The molecular formula is C24H20FN3O4. The maximum atomic E-state index is 13.0. The average molecular weight is 433 g/mol. The largest absolute Gasteiger partial charge is 0.486 e. The van der Waals surface area contributed by atoms with Gasteiger partial charge >= 0.3 is 0 Å². The highest BCUT2D eigenvalue weighted by molar-refractivity contribution is 6.01. The number of hydrogen-bond donors (Lipinski definition) is 1. The molecule has 0 aliphatic carbocycles. The number of ketones is 1. The quantitative estimate of drug-likeness (QED) is 0.407. The standard InChI is InChI=1S/C24H20FN3O4/c1-16(29)18-4-8-20(9-5-18)31-15-21-10-11-22(32-21)24(30)26-23-12-13-28(27-23)14-17-2-6-19(25)7-3-17/h2-13H,14-15H2,1H3,(H,26,27,30). The summed E-state index contributed by atoms with van der Waals surface area (Å²) in [7, 11) is 0. The van der Waals surface area contributed by atoms with Gasteiger partial charge in [-0.3, -0.25) is 14.3 Å². The number of Topliss-reactive ketones (excluding diaryl/α,β-unsaturated/α-hetero) is 1. The van der Waals surface area contributed by atoms with Crippen molar-refractivity contribution in [3.05, 3.63) is 101 Å². The molecule has 4 aromatic rings. The lowest BCUT2D eigenvalue weighted by atomic mass is 10.1. The molecule has 0 spiro atoms. The minimum absolute atomic E-state index is 0.0153. The van der Waals surface area contributed by atoms with Crippen molar-refractivity contribution in [2.75, 3.05) is 5.32 Å². The Labute approximate surface area is 183 Å². The molecule has 2 aromatic carbocycles. The monoisotopic (exact) mass is 433 g/mol. The molecule has 32 heavy (non-hydrogen) atoms. The molecule has 0 atom stereocenters. The molecular weight excluding hydrogens is 413 g/mol. The summed E-state index contributed by atoms with van der Waals surface area (Å²) < 4.78 is 25.8. The summed E-state index contributed by atoms with van der Waals surface area (Å²) in [5.74, 6) is 0.820. The molecule has 0 saturated carbocycles. The summed E-state index contributed by atoms with van der Waals surface area (Å²) in [6, 6.07) is 17.8. The number of hydrogen-bond acceptors (Lipinski definition) is 5. The van der Waals surface area contributed by atoms with Gasteiger partial charge in [-0.1, -0.05) is 12.1 Å². The zero-order valence-electron chi connectivity index (χ0n) is 17.2. The third kappa shape index (κ3) is 5.28. The Hall–Kier alpha value is -4.20. The van der Waals surface area contributed by atoms with Crippen LogP contribution in [0.2, 0.25) is 0 Å². The molecule has 0 aliphatic rings. The lowest BCUT2D eigenvalue weighted by Crippen LogP contribution is -2.12. The number of furan rings is 1. The van der Waals surface area contributed by atoms with Gasteiger partial charge in [0.1, 0.15) is 23.9 Å². The van der Waals surface area contributed by atoms with Crippen molar-refractivity contribution in [3.8, 4) is 5.75 Å². The first kappa shape index (κ1) is 21.0. The van der Waals surface area contributed by atoms with E-state index in [2.05, 4.69) is 10.4 Å². The van der Waals surface area contributed by atoms with Gasteiger partial charge in [-0.2, -0.15) is 5.10 Å². The second-order valence-electron chi connectivity index (χ2n) is 7.11. The third-order valence-electron chi connectivity index (χ3n) is 4.67. The van der Waals surface area contributed by atoms with Crippen LogP contribution in [0.3, 0.4) is 0 Å². The van der Waals surface area contributed by atoms with Crippen LogP contribution in [0.1, 0.15) is 39.2 Å². The lowest BCUT2D eigenvalue weighted by Gasteiger charge is -2.05. The number of amides is 1. The summed E-state index contributed by atoms with van der Waals surface area (Å²) in [5.41, 5.74) is 1.49. The lowest BCUT2D eigenvalue weighted by molar-refractivity contribution is 0.0990. The molecule has 0 fully saturated rings. The number of anilines is 1. The maximum Gasteiger partial charge on any atom is 0.292 e. The van der Waals surface area contributed by atoms with Gasteiger partial charge in [0.15, 0.2) is 17.4 Å². The average Bonchev–Trinajstić information content (AvgIpc) is 3.44. The van der Waals surface area contributed by atoms with Gasteiger partial charge in [-0.25, -0.2) is 4.39 Å². The number of aromatic nitrogens is 2. The van der Waals surface area contributed by atoms with Crippen LogP contribution in [0.4, 0.5) is 10.2 Å². The molecule has 0 unspecified atom stereocenters. The zero-order chi connectivity index (χ0) is 22.5. The number of carbonyl (C=O) groups is 2. The van der Waals surface area contributed by atoms with Crippen LogP contribution >= 0.6 is 0 Å². The highest BCUT2D eigenvalue weighted by atomic mass is 19.1. The molecule has 2 aromatic heterocycles. The first-order valence-corrected chi connectivity index (χ1v) is 9.88. The van der Waals surface area contributed by atoms with E-state index in [4.69, 9.17) is 9.15 Å². The van der Waals surface area contributed by atoms with Crippen molar-refractivity contribution in [2.45, 2.75) is 20.1 Å². The van der Waals surface area contributed by atoms with Crippen LogP contribution in [0.5, 0.6) is 5.75 Å². The minimum atomic E-state index is -0.436. The molecule has 2 heterocycles. The molecule has 7 nitrogen and oxygen atoms in total. The molecule has 8 heteroatoms. The van der Waals surface area contributed by atoms with Gasteiger partial charge < -0.3 is 14.5 Å². The summed E-state index contributed by atoms with van der Waals surface area (Å²) in [6.07, 6.45) is 1.72. The van der Waals surface area contributed by atoms with Gasteiger partial charge in [0.25, 0.3) is 5.91 Å². The smallest absolute Gasteiger partial charge is 0.292 e. The number of nitrogens with zero attached hydrogens (tertiary/aromatic N) is 2. The summed E-state index contributed by atoms with van der Waals surface area (Å²) in [6.45, 7) is 2.09. The Morgan fingerprint density at radius 2 is 1.78 bits per heavy atom. The normalized spacial score (nSPS) is 10.7. The summed E-state index contributed by atoms with van der Waals surface area (Å²) in [4.78, 5) is 23.8. The van der Waals surface area contributed by atoms with Crippen molar-refractivity contribution in [1.82, 2.24) is 9.78 Å². The number of halogens is 1. The van der Waals surface area contributed by atoms with Crippen LogP contribution in [-0.4, -0.2) is 21.5 Å². The molecule has 4 rings (SSSR count). The molecule has 0 aliphatic heterocycles. The molecule has 0 radical (unpaired) electrons. The molecule has 1 N–H and O–H groups in total. The van der Waals surface area contributed by atoms with E-state index in [-0.39, 0.29) is 24.0 Å². The van der Waals surface area contributed by atoms with Gasteiger partial charge in [0.2, 0.25) is 0 Å². The predicted molar refractivity (Wildman–Crippen MR) is 115 cm³/mol. The van der Waals surface area contributed by atoms with Gasteiger partial charge in [0, 0.05) is 17.8 Å². The summed E-state index contributed by atoms with van der Waals surface area (Å²) >= 11 is 0. The fourth-order valence-corrected chi connectivity index (χ4v) is 2.99. The number of rotatable bonds is 8. The fourth-order valence-electron chi connectivity index (χ4n) is 2.99. The topological polar surface area (TPSA) is 86.4 Å². The Morgan fingerprint density at radius 1 is 1.03 bits per heavy atom. The van der Waals surface area contributed by atoms with E-state index in [1.54, 1.807) is 65.5 Å². The summed E-state index contributed by atoms with van der Waals surface area (Å²) in [5, 5.41) is 6.98. The van der Waals surface area contributed by atoms with Crippen molar-refractivity contribution in [2.24, 2.45) is 0 Å². The van der Waals surface area contributed by atoms with Crippen molar-refractivity contribution < 1.29 is 23.1 Å². The van der Waals surface area contributed by atoms with Crippen LogP contribution in [-0.2, 0) is 13.2 Å². The van der Waals surface area contributed by atoms with E-state index in [9.17, 15) is 14.0 Å². The second kappa shape index (κ2) is 9.30. The van der Waals surface area contributed by atoms with E-state index in [1.807, 2.05) is 0 Å². The first-order chi connectivity index (χ1) is 15.5. The van der Waals surface area contributed by atoms with Crippen molar-refractivity contribution >= 4 is 17.5 Å².